The Labute approximate surface area is 221 Å². The summed E-state index contributed by atoms with van der Waals surface area (Å²) in [5.74, 6) is -1.31. The van der Waals surface area contributed by atoms with E-state index >= 15 is 0 Å². The highest BCUT2D eigenvalue weighted by molar-refractivity contribution is 7.45. The summed E-state index contributed by atoms with van der Waals surface area (Å²) in [7, 11) is 9.36. The molecular weight excluding hydrogens is 498 g/mol. The second kappa shape index (κ2) is 18.1. The molecule has 0 aliphatic rings. The van der Waals surface area contributed by atoms with Gasteiger partial charge in [0.1, 0.15) is 26.3 Å². The van der Waals surface area contributed by atoms with Gasteiger partial charge in [0.25, 0.3) is 0 Å². The zero-order valence-corrected chi connectivity index (χ0v) is 25.8. The molecule has 0 fully saturated rings. The van der Waals surface area contributed by atoms with Crippen LogP contribution in [0.3, 0.4) is 0 Å². The highest BCUT2D eigenvalue weighted by Gasteiger charge is 2.33. The average Bonchev–Trinajstić information content (AvgIpc) is 2.78. The molecule has 10 heteroatoms. The molecule has 8 nitrogen and oxygen atoms in total. The van der Waals surface area contributed by atoms with Gasteiger partial charge >= 0.3 is 27.5 Å². The van der Waals surface area contributed by atoms with Crippen LogP contribution in [0.4, 0.5) is 0 Å². The quantitative estimate of drug-likeness (QED) is 0.0936. The monoisotopic (exact) mass is 550 g/mol. The number of rotatable bonds is 20. The predicted octanol–water partition coefficient (Wildman–Crippen LogP) is 4.81. The van der Waals surface area contributed by atoms with Gasteiger partial charge in [-0.25, -0.2) is 9.59 Å². The van der Waals surface area contributed by atoms with Crippen LogP contribution in [0.1, 0.15) is 52.4 Å². The van der Waals surface area contributed by atoms with E-state index in [1.165, 1.54) is 0 Å². The Bertz CT molecular complexity index is 669. The van der Waals surface area contributed by atoms with Gasteiger partial charge in [-0.3, -0.25) is 0 Å². The molecule has 0 spiro atoms. The van der Waals surface area contributed by atoms with E-state index in [0.29, 0.717) is 12.3 Å². The summed E-state index contributed by atoms with van der Waals surface area (Å²) in [5, 5.41) is 0. The van der Waals surface area contributed by atoms with Crippen molar-refractivity contribution in [1.29, 1.82) is 0 Å². The molecule has 0 aromatic carbocycles. The van der Waals surface area contributed by atoms with Gasteiger partial charge in [0.15, 0.2) is 23.6 Å². The standard InChI is InChI=1S/C26H52N2O6P2/c1-9-11-13-23(35(31)19-17-27(3,4)5)21-33-25(29)15-16-26(30)34-22-24(14-12-10-2)36(32)20-18-28(6,7)8/h15-16,23-24H,9-14,17-22H2,1-8H3/q+4/b16-15+. The molecule has 0 aliphatic heterocycles. The maximum Gasteiger partial charge on any atom is 0.351 e. The Balaban J connectivity index is 4.76. The minimum atomic E-state index is -1.50. The summed E-state index contributed by atoms with van der Waals surface area (Å²) in [6.07, 6.45) is 8.57. The molecule has 0 aromatic heterocycles. The third-order valence-corrected chi connectivity index (χ3v) is 9.50. The fraction of sp³-hybridized carbons (Fsp3) is 0.846. The van der Waals surface area contributed by atoms with Crippen LogP contribution in [-0.2, 0) is 28.2 Å². The molecule has 0 amide bonds. The van der Waals surface area contributed by atoms with Crippen molar-refractivity contribution in [2.75, 3.05) is 80.9 Å². The van der Waals surface area contributed by atoms with Gasteiger partial charge < -0.3 is 18.4 Å². The van der Waals surface area contributed by atoms with Crippen LogP contribution in [0.2, 0.25) is 0 Å². The molecule has 0 rings (SSSR count). The smallest absolute Gasteiger partial charge is 0.351 e. The van der Waals surface area contributed by atoms with E-state index in [-0.39, 0.29) is 24.5 Å². The highest BCUT2D eigenvalue weighted by atomic mass is 31.1. The van der Waals surface area contributed by atoms with Crippen molar-refractivity contribution in [3.8, 4) is 0 Å². The average molecular weight is 551 g/mol. The summed E-state index contributed by atoms with van der Waals surface area (Å²) < 4.78 is 37.7. The fourth-order valence-corrected chi connectivity index (χ4v) is 7.00. The van der Waals surface area contributed by atoms with Crippen molar-refractivity contribution in [2.24, 2.45) is 0 Å². The zero-order chi connectivity index (χ0) is 27.8. The summed E-state index contributed by atoms with van der Waals surface area (Å²) in [4.78, 5) is 24.3. The first-order valence-electron chi connectivity index (χ1n) is 13.2. The normalized spacial score (nSPS) is 14.9. The minimum absolute atomic E-state index is 0.0798. The number of carbonyl (C=O) groups excluding carboxylic acids is 2. The molecular formula is C26H52N2O6P2+4. The van der Waals surface area contributed by atoms with Gasteiger partial charge in [0.05, 0.1) is 42.3 Å². The predicted molar refractivity (Wildman–Crippen MR) is 148 cm³/mol. The molecule has 208 valence electrons. The maximum absolute atomic E-state index is 12.8. The summed E-state index contributed by atoms with van der Waals surface area (Å²) >= 11 is 0. The van der Waals surface area contributed by atoms with Crippen molar-refractivity contribution >= 4 is 27.5 Å². The number of hydrogen-bond donors (Lipinski definition) is 0. The molecule has 0 saturated carbocycles. The molecule has 0 bridgehead atoms. The van der Waals surface area contributed by atoms with Crippen LogP contribution < -0.4 is 0 Å². The molecule has 4 atom stereocenters. The molecule has 36 heavy (non-hydrogen) atoms. The Morgan fingerprint density at radius 3 is 1.31 bits per heavy atom. The first-order valence-corrected chi connectivity index (χ1v) is 16.2. The largest absolute Gasteiger partial charge is 0.458 e. The molecule has 0 aromatic rings. The zero-order valence-electron chi connectivity index (χ0n) is 24.0. The Kier molecular flexibility index (Phi) is 17.5. The van der Waals surface area contributed by atoms with E-state index in [2.05, 4.69) is 56.1 Å². The first-order chi connectivity index (χ1) is 16.7. The number of ether oxygens (including phenoxy) is 2. The van der Waals surface area contributed by atoms with Crippen LogP contribution in [0, 0.1) is 0 Å². The number of hydrogen-bond acceptors (Lipinski definition) is 6. The molecule has 0 N–H and O–H groups in total. The van der Waals surface area contributed by atoms with E-state index in [4.69, 9.17) is 9.47 Å². The van der Waals surface area contributed by atoms with E-state index in [9.17, 15) is 18.7 Å². The van der Waals surface area contributed by atoms with E-state index in [1.807, 2.05) is 0 Å². The summed E-state index contributed by atoms with van der Waals surface area (Å²) in [5.41, 5.74) is -0.365. The Morgan fingerprint density at radius 2 is 1.03 bits per heavy atom. The van der Waals surface area contributed by atoms with Crippen molar-refractivity contribution in [1.82, 2.24) is 0 Å². The van der Waals surface area contributed by atoms with E-state index in [1.54, 1.807) is 0 Å². The lowest BCUT2D eigenvalue weighted by Gasteiger charge is -2.21. The number of quaternary nitrogens is 2. The molecule has 0 aliphatic carbocycles. The van der Waals surface area contributed by atoms with Gasteiger partial charge in [-0.1, -0.05) is 35.8 Å². The topological polar surface area (TPSA) is 86.7 Å². The highest BCUT2D eigenvalue weighted by Crippen LogP contribution is 2.33. The lowest BCUT2D eigenvalue weighted by molar-refractivity contribution is -0.867. The van der Waals surface area contributed by atoms with Gasteiger partial charge in [0.2, 0.25) is 0 Å². The number of unbranched alkanes of at least 4 members (excludes halogenated alkanes) is 2. The van der Waals surface area contributed by atoms with Gasteiger partial charge in [-0.15, -0.1) is 0 Å². The van der Waals surface area contributed by atoms with E-state index in [0.717, 1.165) is 72.7 Å². The van der Waals surface area contributed by atoms with Crippen LogP contribution in [0.15, 0.2) is 12.2 Å². The first kappa shape index (κ1) is 34.8. The lowest BCUT2D eigenvalue weighted by Crippen LogP contribution is -2.37. The van der Waals surface area contributed by atoms with E-state index < -0.39 is 27.5 Å². The summed E-state index contributed by atoms with van der Waals surface area (Å²) in [6.45, 7) is 5.88. The van der Waals surface area contributed by atoms with Crippen molar-refractivity contribution < 1.29 is 37.2 Å². The van der Waals surface area contributed by atoms with Crippen molar-refractivity contribution in [2.45, 2.75) is 63.7 Å². The molecule has 0 heterocycles. The van der Waals surface area contributed by atoms with Crippen LogP contribution in [-0.4, -0.2) is 113 Å². The van der Waals surface area contributed by atoms with Gasteiger partial charge in [-0.2, -0.15) is 0 Å². The number of carbonyl (C=O) groups is 2. The van der Waals surface area contributed by atoms with Crippen LogP contribution in [0.5, 0.6) is 0 Å². The third-order valence-electron chi connectivity index (χ3n) is 5.77. The van der Waals surface area contributed by atoms with Crippen molar-refractivity contribution in [3.63, 3.8) is 0 Å². The third kappa shape index (κ3) is 19.0. The van der Waals surface area contributed by atoms with Crippen LogP contribution in [0.25, 0.3) is 0 Å². The number of nitrogens with zero attached hydrogens (tertiary/aromatic N) is 2. The summed E-state index contributed by atoms with van der Waals surface area (Å²) in [6, 6.07) is 0. The van der Waals surface area contributed by atoms with Crippen molar-refractivity contribution in [3.05, 3.63) is 12.2 Å². The van der Waals surface area contributed by atoms with Gasteiger partial charge in [-0.05, 0) is 25.7 Å². The van der Waals surface area contributed by atoms with Gasteiger partial charge in [0, 0.05) is 12.2 Å². The fourth-order valence-electron chi connectivity index (χ4n) is 3.25. The SMILES string of the molecule is CCCCC(COC(=O)/C=C/C(=O)OCC(CCCC)[P+](=O)CC[N+](C)(C)C)[P+](=O)CC[N+](C)(C)C. The molecule has 0 saturated heterocycles. The Hall–Kier alpha value is -1.20. The lowest BCUT2D eigenvalue weighted by atomic mass is 10.2. The Morgan fingerprint density at radius 1 is 0.694 bits per heavy atom. The molecule has 0 radical (unpaired) electrons. The maximum atomic E-state index is 12.8. The second-order valence-electron chi connectivity index (χ2n) is 11.5. The minimum Gasteiger partial charge on any atom is -0.458 e. The van der Waals surface area contributed by atoms with Crippen LogP contribution >= 0.6 is 15.6 Å². The number of esters is 2. The second-order valence-corrected chi connectivity index (χ2v) is 15.5. The molecule has 4 unspecified atom stereocenters.